The van der Waals surface area contributed by atoms with E-state index in [2.05, 4.69) is 11.2 Å². The highest BCUT2D eigenvalue weighted by Crippen LogP contribution is 2.06. The molecule has 0 bridgehead atoms. The van der Waals surface area contributed by atoms with Gasteiger partial charge in [0.15, 0.2) is 9.84 Å². The number of carbonyl (C=O) groups is 2. The van der Waals surface area contributed by atoms with Crippen LogP contribution in [0.15, 0.2) is 0 Å². The molecule has 2 amide bonds. The minimum Gasteiger partial charge on any atom is -0.480 e. The van der Waals surface area contributed by atoms with Crippen LogP contribution in [0.2, 0.25) is 0 Å². The molecule has 1 fully saturated rings. The molecule has 2 N–H and O–H groups in total. The quantitative estimate of drug-likeness (QED) is 0.668. The average Bonchev–Trinajstić information content (AvgIpc) is 2.49. The fourth-order valence-electron chi connectivity index (χ4n) is 1.70. The number of nitrogens with one attached hydrogen (secondary N) is 1. The fraction of sp³-hybridized carbons (Fsp3) is 0.636. The molecular weight excluding hydrogens is 272 g/mol. The van der Waals surface area contributed by atoms with E-state index in [0.29, 0.717) is 6.42 Å². The molecular formula is C11H16N2O5S. The van der Waals surface area contributed by atoms with Crippen molar-refractivity contribution >= 4 is 21.8 Å². The number of urea groups is 1. The monoisotopic (exact) mass is 288 g/mol. The second-order valence-corrected chi connectivity index (χ2v) is 6.54. The summed E-state index contributed by atoms with van der Waals surface area (Å²) in [6.07, 6.45) is 5.26. The number of terminal acetylenes is 1. The van der Waals surface area contributed by atoms with E-state index in [-0.39, 0.29) is 31.0 Å². The van der Waals surface area contributed by atoms with E-state index in [1.54, 1.807) is 0 Å². The summed E-state index contributed by atoms with van der Waals surface area (Å²) in [5.41, 5.74) is 0. The molecule has 0 aromatic carbocycles. The van der Waals surface area contributed by atoms with Crippen LogP contribution in [-0.4, -0.2) is 61.1 Å². The van der Waals surface area contributed by atoms with Crippen molar-refractivity contribution in [2.75, 3.05) is 24.6 Å². The molecule has 7 nitrogen and oxygen atoms in total. The van der Waals surface area contributed by atoms with Crippen LogP contribution in [0.5, 0.6) is 0 Å². The lowest BCUT2D eigenvalue weighted by atomic mass is 10.2. The van der Waals surface area contributed by atoms with Gasteiger partial charge in [0, 0.05) is 19.5 Å². The van der Waals surface area contributed by atoms with Crippen LogP contribution in [0.3, 0.4) is 0 Å². The predicted molar refractivity (Wildman–Crippen MR) is 68.2 cm³/mol. The van der Waals surface area contributed by atoms with Crippen LogP contribution >= 0.6 is 0 Å². The SMILES string of the molecule is C#CCC(NC(=O)N1CCCS(=O)(=O)CC1)C(=O)O. The zero-order chi connectivity index (χ0) is 14.5. The van der Waals surface area contributed by atoms with E-state index in [4.69, 9.17) is 11.5 Å². The second kappa shape index (κ2) is 6.43. The third-order valence-corrected chi connectivity index (χ3v) is 4.48. The van der Waals surface area contributed by atoms with Crippen molar-refractivity contribution in [1.82, 2.24) is 10.2 Å². The van der Waals surface area contributed by atoms with Crippen LogP contribution in [0.4, 0.5) is 4.79 Å². The van der Waals surface area contributed by atoms with Crippen molar-refractivity contribution in [2.45, 2.75) is 18.9 Å². The second-order valence-electron chi connectivity index (χ2n) is 4.24. The van der Waals surface area contributed by atoms with E-state index < -0.39 is 27.9 Å². The first-order valence-corrected chi connectivity index (χ1v) is 7.60. The zero-order valence-electron chi connectivity index (χ0n) is 10.3. The third-order valence-electron chi connectivity index (χ3n) is 2.76. The molecule has 1 aliphatic rings. The van der Waals surface area contributed by atoms with E-state index in [0.717, 1.165) is 0 Å². The summed E-state index contributed by atoms with van der Waals surface area (Å²) in [4.78, 5) is 24.0. The lowest BCUT2D eigenvalue weighted by molar-refractivity contribution is -0.139. The minimum atomic E-state index is -3.11. The summed E-state index contributed by atoms with van der Waals surface area (Å²) >= 11 is 0. The number of sulfone groups is 1. The standard InChI is InChI=1S/C11H16N2O5S/c1-2-4-9(10(14)15)12-11(16)13-5-3-7-19(17,18)8-6-13/h1,9H,3-8H2,(H,12,16)(H,14,15). The van der Waals surface area contributed by atoms with Crippen LogP contribution in [0.25, 0.3) is 0 Å². The molecule has 1 rings (SSSR count). The fourth-order valence-corrected chi connectivity index (χ4v) is 2.97. The van der Waals surface area contributed by atoms with Crippen LogP contribution in [0.1, 0.15) is 12.8 Å². The maximum absolute atomic E-state index is 11.8. The highest BCUT2D eigenvalue weighted by Gasteiger charge is 2.25. The van der Waals surface area contributed by atoms with Crippen molar-refractivity contribution in [1.29, 1.82) is 0 Å². The molecule has 19 heavy (non-hydrogen) atoms. The van der Waals surface area contributed by atoms with Gasteiger partial charge in [0.1, 0.15) is 6.04 Å². The highest BCUT2D eigenvalue weighted by molar-refractivity contribution is 7.91. The van der Waals surface area contributed by atoms with Crippen LogP contribution in [0, 0.1) is 12.3 Å². The number of amides is 2. The Morgan fingerprint density at radius 2 is 2.05 bits per heavy atom. The summed E-state index contributed by atoms with van der Waals surface area (Å²) in [6.45, 7) is 0.351. The van der Waals surface area contributed by atoms with Gasteiger partial charge in [-0.3, -0.25) is 0 Å². The Balaban J connectivity index is 2.62. The Kier molecular flexibility index (Phi) is 5.18. The Morgan fingerprint density at radius 1 is 1.37 bits per heavy atom. The molecule has 1 unspecified atom stereocenters. The third kappa shape index (κ3) is 4.79. The predicted octanol–water partition coefficient (Wildman–Crippen LogP) is -0.707. The number of aliphatic carboxylic acids is 1. The summed E-state index contributed by atoms with van der Waals surface area (Å²) in [5.74, 6) is 0.900. The van der Waals surface area contributed by atoms with Gasteiger partial charge in [-0.1, -0.05) is 0 Å². The molecule has 1 aliphatic heterocycles. The van der Waals surface area contributed by atoms with Gasteiger partial charge in [-0.05, 0) is 6.42 Å². The molecule has 0 aromatic heterocycles. The summed E-state index contributed by atoms with van der Waals surface area (Å²) in [6, 6.07) is -1.75. The smallest absolute Gasteiger partial charge is 0.327 e. The Morgan fingerprint density at radius 3 is 2.63 bits per heavy atom. The maximum Gasteiger partial charge on any atom is 0.327 e. The first kappa shape index (κ1) is 15.3. The van der Waals surface area contributed by atoms with Gasteiger partial charge in [-0.15, -0.1) is 12.3 Å². The summed E-state index contributed by atoms with van der Waals surface area (Å²) in [7, 11) is -3.11. The van der Waals surface area contributed by atoms with E-state index in [9.17, 15) is 18.0 Å². The average molecular weight is 288 g/mol. The topological polar surface area (TPSA) is 104 Å². The minimum absolute atomic E-state index is 0.0451. The van der Waals surface area contributed by atoms with Gasteiger partial charge in [-0.2, -0.15) is 0 Å². The first-order valence-electron chi connectivity index (χ1n) is 5.78. The number of rotatable bonds is 3. The molecule has 0 radical (unpaired) electrons. The van der Waals surface area contributed by atoms with Crippen molar-refractivity contribution in [3.8, 4) is 12.3 Å². The molecule has 0 saturated carbocycles. The zero-order valence-corrected chi connectivity index (χ0v) is 11.1. The maximum atomic E-state index is 11.8. The molecule has 8 heteroatoms. The van der Waals surface area contributed by atoms with E-state index in [1.165, 1.54) is 4.90 Å². The molecule has 1 atom stereocenters. The molecule has 0 aromatic rings. The largest absolute Gasteiger partial charge is 0.480 e. The van der Waals surface area contributed by atoms with Crippen LogP contribution in [-0.2, 0) is 14.6 Å². The van der Waals surface area contributed by atoms with Crippen LogP contribution < -0.4 is 5.32 Å². The number of nitrogens with zero attached hydrogens (tertiary/aromatic N) is 1. The number of carboxylic acid groups (broad SMARTS) is 1. The molecule has 1 saturated heterocycles. The molecule has 0 aliphatic carbocycles. The molecule has 106 valence electrons. The van der Waals surface area contributed by atoms with Crippen molar-refractivity contribution in [2.24, 2.45) is 0 Å². The lowest BCUT2D eigenvalue weighted by Gasteiger charge is -2.22. The van der Waals surface area contributed by atoms with Gasteiger partial charge in [0.25, 0.3) is 0 Å². The van der Waals surface area contributed by atoms with Gasteiger partial charge in [0.05, 0.1) is 11.5 Å². The normalized spacial score (nSPS) is 19.8. The van der Waals surface area contributed by atoms with Crippen molar-refractivity contribution in [3.63, 3.8) is 0 Å². The van der Waals surface area contributed by atoms with Gasteiger partial charge in [0.2, 0.25) is 0 Å². The highest BCUT2D eigenvalue weighted by atomic mass is 32.2. The van der Waals surface area contributed by atoms with Crippen molar-refractivity contribution < 1.29 is 23.1 Å². The summed E-state index contributed by atoms with van der Waals surface area (Å²) in [5, 5.41) is 11.2. The van der Waals surface area contributed by atoms with E-state index >= 15 is 0 Å². The Hall–Kier alpha value is -1.75. The van der Waals surface area contributed by atoms with E-state index in [1.807, 2.05) is 0 Å². The van der Waals surface area contributed by atoms with Gasteiger partial charge < -0.3 is 15.3 Å². The van der Waals surface area contributed by atoms with Crippen molar-refractivity contribution in [3.05, 3.63) is 0 Å². The van der Waals surface area contributed by atoms with Gasteiger partial charge >= 0.3 is 12.0 Å². The Bertz CT molecular complexity index is 494. The van der Waals surface area contributed by atoms with Gasteiger partial charge in [-0.25, -0.2) is 18.0 Å². The number of carboxylic acids is 1. The lowest BCUT2D eigenvalue weighted by Crippen LogP contribution is -2.48. The molecule has 0 spiro atoms. The number of hydrogen-bond acceptors (Lipinski definition) is 4. The first-order chi connectivity index (χ1) is 8.85. The number of hydrogen-bond donors (Lipinski definition) is 2. The Labute approximate surface area is 111 Å². The molecule has 1 heterocycles. The summed E-state index contributed by atoms with van der Waals surface area (Å²) < 4.78 is 22.8. The number of carbonyl (C=O) groups excluding carboxylic acids is 1.